The minimum absolute atomic E-state index is 0.00445. The van der Waals surface area contributed by atoms with Crippen LogP contribution in [0, 0.1) is 0 Å². The van der Waals surface area contributed by atoms with Crippen molar-refractivity contribution in [2.24, 2.45) is 0 Å². The van der Waals surface area contributed by atoms with Crippen molar-refractivity contribution in [3.8, 4) is 5.75 Å². The third-order valence-electron chi connectivity index (χ3n) is 3.17. The molecule has 1 amide bonds. The molecule has 3 nitrogen and oxygen atoms in total. The van der Waals surface area contributed by atoms with Crippen LogP contribution in [0.5, 0.6) is 5.75 Å². The fourth-order valence-corrected chi connectivity index (χ4v) is 3.20. The van der Waals surface area contributed by atoms with Crippen molar-refractivity contribution >= 4 is 55.1 Å². The Balaban J connectivity index is 1.94. The number of anilines is 1. The summed E-state index contributed by atoms with van der Waals surface area (Å²) in [6, 6.07) is 11.5. The van der Waals surface area contributed by atoms with Gasteiger partial charge in [0, 0.05) is 4.47 Å². The molecule has 0 bridgehead atoms. The molecule has 1 unspecified atom stereocenters. The molecule has 0 radical (unpaired) electrons. The zero-order chi connectivity index (χ0) is 15.0. The summed E-state index contributed by atoms with van der Waals surface area (Å²) in [6.45, 7) is 0.0637. The number of hydrogen-bond acceptors (Lipinski definition) is 2. The highest BCUT2D eigenvalue weighted by Gasteiger charge is 2.19. The van der Waals surface area contributed by atoms with E-state index in [0.29, 0.717) is 16.5 Å². The van der Waals surface area contributed by atoms with E-state index >= 15 is 0 Å². The lowest BCUT2D eigenvalue weighted by atomic mass is 10.0. The highest BCUT2D eigenvalue weighted by Crippen LogP contribution is 2.38. The third kappa shape index (κ3) is 3.10. The van der Waals surface area contributed by atoms with E-state index in [1.54, 1.807) is 0 Å². The monoisotopic (exact) mass is 429 g/mol. The minimum atomic E-state index is -0.139. The first-order chi connectivity index (χ1) is 10.0. The number of halogens is 3. The van der Waals surface area contributed by atoms with E-state index in [1.165, 1.54) is 0 Å². The fraction of sp³-hybridized carbons (Fsp3) is 0.133. The minimum Gasteiger partial charge on any atom is -0.482 e. The van der Waals surface area contributed by atoms with Gasteiger partial charge in [-0.15, -0.1) is 0 Å². The normalized spacial score (nSPS) is 14.9. The molecule has 1 atom stereocenters. The molecule has 1 aliphatic rings. The molecule has 21 heavy (non-hydrogen) atoms. The van der Waals surface area contributed by atoms with E-state index in [-0.39, 0.29) is 17.3 Å². The lowest BCUT2D eigenvalue weighted by Gasteiger charge is -2.20. The molecular weight excluding hydrogens is 421 g/mol. The highest BCUT2D eigenvalue weighted by atomic mass is 79.9. The van der Waals surface area contributed by atoms with E-state index < -0.39 is 0 Å². The molecule has 1 N–H and O–H groups in total. The predicted molar refractivity (Wildman–Crippen MR) is 90.5 cm³/mol. The number of alkyl halides is 1. The second-order valence-electron chi connectivity index (χ2n) is 4.63. The van der Waals surface area contributed by atoms with Crippen LogP contribution in [0.1, 0.15) is 16.0 Å². The van der Waals surface area contributed by atoms with Crippen LogP contribution in [0.3, 0.4) is 0 Å². The van der Waals surface area contributed by atoms with E-state index in [9.17, 15) is 4.79 Å². The van der Waals surface area contributed by atoms with Crippen LogP contribution in [-0.2, 0) is 4.79 Å². The lowest BCUT2D eigenvalue weighted by molar-refractivity contribution is -0.118. The van der Waals surface area contributed by atoms with Crippen molar-refractivity contribution in [1.29, 1.82) is 0 Å². The van der Waals surface area contributed by atoms with Gasteiger partial charge in [-0.3, -0.25) is 4.79 Å². The standard InChI is InChI=1S/C15H10Br2ClNO2/c16-10-5-8(1-3-11(10)18)15(17)9-2-4-13-12(6-9)19-14(20)7-21-13/h1-6,15H,7H2,(H,19,20). The Bertz CT molecular complexity index is 721. The summed E-state index contributed by atoms with van der Waals surface area (Å²) < 4.78 is 6.21. The number of hydrogen-bond donors (Lipinski definition) is 1. The average molecular weight is 432 g/mol. The zero-order valence-corrected chi connectivity index (χ0v) is 14.6. The number of fused-ring (bicyclic) bond motifs is 1. The maximum Gasteiger partial charge on any atom is 0.262 e. The van der Waals surface area contributed by atoms with E-state index in [1.807, 2.05) is 36.4 Å². The van der Waals surface area contributed by atoms with Gasteiger partial charge in [-0.05, 0) is 51.3 Å². The zero-order valence-electron chi connectivity index (χ0n) is 10.7. The molecule has 1 aliphatic heterocycles. The molecule has 0 saturated carbocycles. The molecule has 2 aromatic carbocycles. The first-order valence-corrected chi connectivity index (χ1v) is 8.29. The Kier molecular flexibility index (Phi) is 4.24. The van der Waals surface area contributed by atoms with Gasteiger partial charge in [-0.2, -0.15) is 0 Å². The fourth-order valence-electron chi connectivity index (χ4n) is 2.12. The highest BCUT2D eigenvalue weighted by molar-refractivity contribution is 9.10. The Morgan fingerprint density at radius 2 is 1.90 bits per heavy atom. The van der Waals surface area contributed by atoms with Gasteiger partial charge >= 0.3 is 0 Å². The van der Waals surface area contributed by atoms with Gasteiger partial charge in [0.2, 0.25) is 0 Å². The quantitative estimate of drug-likeness (QED) is 0.686. The Morgan fingerprint density at radius 1 is 1.19 bits per heavy atom. The molecule has 1 heterocycles. The van der Waals surface area contributed by atoms with E-state index in [2.05, 4.69) is 37.2 Å². The molecule has 108 valence electrons. The maximum absolute atomic E-state index is 11.4. The molecule has 0 saturated heterocycles. The van der Waals surface area contributed by atoms with Crippen molar-refractivity contribution in [1.82, 2.24) is 0 Å². The summed E-state index contributed by atoms with van der Waals surface area (Å²) >= 11 is 13.1. The molecule has 0 aromatic heterocycles. The molecule has 0 fully saturated rings. The second kappa shape index (κ2) is 5.99. The summed E-state index contributed by atoms with van der Waals surface area (Å²) in [5.74, 6) is 0.551. The molecule has 3 rings (SSSR count). The van der Waals surface area contributed by atoms with Crippen molar-refractivity contribution in [2.45, 2.75) is 4.83 Å². The summed E-state index contributed by atoms with van der Waals surface area (Å²) in [4.78, 5) is 11.4. The number of carbonyl (C=O) groups excluding carboxylic acids is 1. The number of benzene rings is 2. The van der Waals surface area contributed by atoms with Gasteiger partial charge in [0.05, 0.1) is 15.5 Å². The van der Waals surface area contributed by atoms with Crippen molar-refractivity contribution in [2.75, 3.05) is 11.9 Å². The van der Waals surface area contributed by atoms with Crippen LogP contribution in [0.25, 0.3) is 0 Å². The number of ether oxygens (including phenoxy) is 1. The Hall–Kier alpha value is -1.04. The lowest BCUT2D eigenvalue weighted by Crippen LogP contribution is -2.25. The van der Waals surface area contributed by atoms with Crippen molar-refractivity contribution in [3.05, 3.63) is 57.0 Å². The SMILES string of the molecule is O=C1COc2ccc(C(Br)c3ccc(Cl)c(Br)c3)cc2N1. The second-order valence-corrected chi connectivity index (χ2v) is 6.81. The van der Waals surface area contributed by atoms with Crippen LogP contribution in [0.4, 0.5) is 5.69 Å². The topological polar surface area (TPSA) is 38.3 Å². The molecule has 0 spiro atoms. The largest absolute Gasteiger partial charge is 0.482 e. The van der Waals surface area contributed by atoms with Crippen LogP contribution in [-0.4, -0.2) is 12.5 Å². The average Bonchev–Trinajstić information content (AvgIpc) is 2.48. The maximum atomic E-state index is 11.4. The number of nitrogens with one attached hydrogen (secondary N) is 1. The molecular formula is C15H10Br2ClNO2. The summed E-state index contributed by atoms with van der Waals surface area (Å²) in [6.07, 6.45) is 0. The smallest absolute Gasteiger partial charge is 0.262 e. The molecule has 2 aromatic rings. The van der Waals surface area contributed by atoms with E-state index in [0.717, 1.165) is 15.6 Å². The van der Waals surface area contributed by atoms with Gasteiger partial charge in [-0.25, -0.2) is 0 Å². The van der Waals surface area contributed by atoms with Crippen LogP contribution in [0.2, 0.25) is 5.02 Å². The van der Waals surface area contributed by atoms with Crippen molar-refractivity contribution < 1.29 is 9.53 Å². The summed E-state index contributed by atoms with van der Waals surface area (Å²) in [7, 11) is 0. The van der Waals surface area contributed by atoms with Gasteiger partial charge in [0.1, 0.15) is 5.75 Å². The van der Waals surface area contributed by atoms with E-state index in [4.69, 9.17) is 16.3 Å². The molecule has 0 aliphatic carbocycles. The summed E-state index contributed by atoms with van der Waals surface area (Å²) in [5.41, 5.74) is 2.78. The number of carbonyl (C=O) groups is 1. The van der Waals surface area contributed by atoms with Crippen LogP contribution >= 0.6 is 43.5 Å². The van der Waals surface area contributed by atoms with Gasteiger partial charge in [0.15, 0.2) is 6.61 Å². The summed E-state index contributed by atoms with van der Waals surface area (Å²) in [5, 5.41) is 3.48. The van der Waals surface area contributed by atoms with Gasteiger partial charge in [-0.1, -0.05) is 39.7 Å². The number of rotatable bonds is 2. The molecule has 6 heteroatoms. The predicted octanol–water partition coefficient (Wildman–Crippen LogP) is 4.92. The van der Waals surface area contributed by atoms with Gasteiger partial charge < -0.3 is 10.1 Å². The van der Waals surface area contributed by atoms with Gasteiger partial charge in [0.25, 0.3) is 5.91 Å². The first kappa shape index (κ1) is 14.9. The Labute approximate surface area is 143 Å². The number of amides is 1. The van der Waals surface area contributed by atoms with Crippen molar-refractivity contribution in [3.63, 3.8) is 0 Å². The van der Waals surface area contributed by atoms with Crippen LogP contribution < -0.4 is 10.1 Å². The third-order valence-corrected chi connectivity index (χ3v) is 5.44. The first-order valence-electron chi connectivity index (χ1n) is 6.20. The van der Waals surface area contributed by atoms with Crippen LogP contribution in [0.15, 0.2) is 40.9 Å². The Morgan fingerprint density at radius 3 is 2.67 bits per heavy atom.